The van der Waals surface area contributed by atoms with Gasteiger partial charge in [0.1, 0.15) is 5.52 Å². The van der Waals surface area contributed by atoms with Gasteiger partial charge in [-0.2, -0.15) is 0 Å². The molecular formula is C16H14ClN3. The van der Waals surface area contributed by atoms with Gasteiger partial charge in [0.25, 0.3) is 0 Å². The topological polar surface area (TPSA) is 43.8 Å². The lowest BCUT2D eigenvalue weighted by Crippen LogP contribution is -2.01. The lowest BCUT2D eigenvalue weighted by Gasteiger charge is -2.09. The number of para-hydroxylation sites is 1. The Morgan fingerprint density at radius 1 is 1.10 bits per heavy atom. The Labute approximate surface area is 122 Å². The summed E-state index contributed by atoms with van der Waals surface area (Å²) in [6.07, 6.45) is 3.57. The van der Waals surface area contributed by atoms with Gasteiger partial charge in [0.2, 0.25) is 5.95 Å². The predicted molar refractivity (Wildman–Crippen MR) is 82.5 cm³/mol. The Hall–Kier alpha value is -2.00. The molecular weight excluding hydrogens is 270 g/mol. The highest BCUT2D eigenvalue weighted by atomic mass is 35.5. The quantitative estimate of drug-likeness (QED) is 0.739. The van der Waals surface area contributed by atoms with E-state index in [2.05, 4.69) is 23.2 Å². The Kier molecular flexibility index (Phi) is 2.51. The molecule has 1 aliphatic rings. The molecule has 0 fully saturated rings. The molecule has 0 spiro atoms. The van der Waals surface area contributed by atoms with Crippen molar-refractivity contribution in [3.63, 3.8) is 0 Å². The third-order valence-electron chi connectivity index (χ3n) is 4.00. The van der Waals surface area contributed by atoms with Crippen molar-refractivity contribution in [2.45, 2.75) is 19.3 Å². The maximum absolute atomic E-state index is 6.19. The van der Waals surface area contributed by atoms with Gasteiger partial charge in [0, 0.05) is 5.69 Å². The number of imidazole rings is 1. The molecule has 1 heterocycles. The Morgan fingerprint density at radius 3 is 2.85 bits per heavy atom. The standard InChI is InChI=1S/C16H14ClN3/c17-13-5-2-6-14-15(13)19-16(18)20(14)12-8-7-10-3-1-4-11(10)9-12/h2,5-9H,1,3-4H2,(H2,18,19). The van der Waals surface area contributed by atoms with Gasteiger partial charge >= 0.3 is 0 Å². The van der Waals surface area contributed by atoms with Gasteiger partial charge in [-0.05, 0) is 54.7 Å². The van der Waals surface area contributed by atoms with Gasteiger partial charge in [0.15, 0.2) is 0 Å². The van der Waals surface area contributed by atoms with Crippen molar-refractivity contribution in [2.24, 2.45) is 0 Å². The summed E-state index contributed by atoms with van der Waals surface area (Å²) in [5.74, 6) is 0.478. The number of anilines is 1. The largest absolute Gasteiger partial charge is 0.369 e. The van der Waals surface area contributed by atoms with Crippen LogP contribution in [0.15, 0.2) is 36.4 Å². The SMILES string of the molecule is Nc1nc2c(Cl)cccc2n1-c1ccc2c(c1)CCC2. The second kappa shape index (κ2) is 4.25. The van der Waals surface area contributed by atoms with Crippen LogP contribution >= 0.6 is 11.6 Å². The third-order valence-corrected chi connectivity index (χ3v) is 4.31. The zero-order chi connectivity index (χ0) is 13.7. The maximum Gasteiger partial charge on any atom is 0.205 e. The fourth-order valence-corrected chi connectivity index (χ4v) is 3.26. The van der Waals surface area contributed by atoms with Crippen molar-refractivity contribution in [3.05, 3.63) is 52.5 Å². The summed E-state index contributed by atoms with van der Waals surface area (Å²) in [5.41, 5.74) is 11.7. The van der Waals surface area contributed by atoms with Gasteiger partial charge in [-0.25, -0.2) is 4.98 Å². The number of aromatic nitrogens is 2. The number of nitrogens with two attached hydrogens (primary N) is 1. The number of halogens is 1. The van der Waals surface area contributed by atoms with E-state index >= 15 is 0 Å². The van der Waals surface area contributed by atoms with Crippen LogP contribution < -0.4 is 5.73 Å². The van der Waals surface area contributed by atoms with Crippen LogP contribution in [-0.4, -0.2) is 9.55 Å². The lowest BCUT2D eigenvalue weighted by atomic mass is 10.1. The minimum atomic E-state index is 0.478. The first-order valence-electron chi connectivity index (χ1n) is 6.78. The van der Waals surface area contributed by atoms with Crippen molar-refractivity contribution >= 4 is 28.6 Å². The maximum atomic E-state index is 6.19. The smallest absolute Gasteiger partial charge is 0.205 e. The van der Waals surface area contributed by atoms with Crippen LogP contribution in [0.3, 0.4) is 0 Å². The molecule has 4 heteroatoms. The van der Waals surface area contributed by atoms with Crippen molar-refractivity contribution in [3.8, 4) is 5.69 Å². The first-order chi connectivity index (χ1) is 9.74. The Balaban J connectivity index is 1.98. The zero-order valence-electron chi connectivity index (χ0n) is 10.9. The molecule has 100 valence electrons. The van der Waals surface area contributed by atoms with E-state index in [-0.39, 0.29) is 0 Å². The molecule has 0 unspecified atom stereocenters. The zero-order valence-corrected chi connectivity index (χ0v) is 11.7. The summed E-state index contributed by atoms with van der Waals surface area (Å²) in [6.45, 7) is 0. The fraction of sp³-hybridized carbons (Fsp3) is 0.188. The van der Waals surface area contributed by atoms with Crippen molar-refractivity contribution in [2.75, 3.05) is 5.73 Å². The van der Waals surface area contributed by atoms with Gasteiger partial charge in [-0.15, -0.1) is 0 Å². The minimum absolute atomic E-state index is 0.478. The summed E-state index contributed by atoms with van der Waals surface area (Å²) >= 11 is 6.19. The molecule has 1 aliphatic carbocycles. The van der Waals surface area contributed by atoms with Crippen LogP contribution in [0.25, 0.3) is 16.7 Å². The number of rotatable bonds is 1. The number of benzene rings is 2. The lowest BCUT2D eigenvalue weighted by molar-refractivity contribution is 0.911. The van der Waals surface area contributed by atoms with Gasteiger partial charge in [-0.1, -0.05) is 23.7 Å². The molecule has 3 nitrogen and oxygen atoms in total. The molecule has 0 saturated heterocycles. The average Bonchev–Trinajstić information content (AvgIpc) is 3.02. The second-order valence-electron chi connectivity index (χ2n) is 5.22. The first-order valence-corrected chi connectivity index (χ1v) is 7.16. The van der Waals surface area contributed by atoms with Crippen molar-refractivity contribution < 1.29 is 0 Å². The molecule has 0 amide bonds. The number of hydrogen-bond acceptors (Lipinski definition) is 2. The number of fused-ring (bicyclic) bond motifs is 2. The summed E-state index contributed by atoms with van der Waals surface area (Å²) in [5, 5.41) is 0.633. The van der Waals surface area contributed by atoms with E-state index in [0.717, 1.165) is 23.1 Å². The van der Waals surface area contributed by atoms with E-state index in [1.807, 2.05) is 22.8 Å². The van der Waals surface area contributed by atoms with Crippen molar-refractivity contribution in [1.82, 2.24) is 9.55 Å². The van der Waals surface area contributed by atoms with Gasteiger partial charge < -0.3 is 5.73 Å². The van der Waals surface area contributed by atoms with E-state index < -0.39 is 0 Å². The number of hydrogen-bond donors (Lipinski definition) is 1. The minimum Gasteiger partial charge on any atom is -0.369 e. The van der Waals surface area contributed by atoms with Gasteiger partial charge in [0.05, 0.1) is 10.5 Å². The summed E-state index contributed by atoms with van der Waals surface area (Å²) in [7, 11) is 0. The number of nitrogens with zero attached hydrogens (tertiary/aromatic N) is 2. The third kappa shape index (κ3) is 1.63. The molecule has 0 saturated carbocycles. The molecule has 1 aromatic heterocycles. The molecule has 2 N–H and O–H groups in total. The van der Waals surface area contributed by atoms with Crippen LogP contribution in [0, 0.1) is 0 Å². The highest BCUT2D eigenvalue weighted by Gasteiger charge is 2.15. The Morgan fingerprint density at radius 2 is 1.95 bits per heavy atom. The van der Waals surface area contributed by atoms with Crippen LogP contribution in [0.4, 0.5) is 5.95 Å². The molecule has 0 radical (unpaired) electrons. The fourth-order valence-electron chi connectivity index (χ4n) is 3.05. The second-order valence-corrected chi connectivity index (χ2v) is 5.63. The van der Waals surface area contributed by atoms with Gasteiger partial charge in [-0.3, -0.25) is 4.57 Å². The number of nitrogen functional groups attached to an aromatic ring is 1. The van der Waals surface area contributed by atoms with E-state index in [1.54, 1.807) is 0 Å². The molecule has 2 aromatic carbocycles. The van der Waals surface area contributed by atoms with Crippen molar-refractivity contribution in [1.29, 1.82) is 0 Å². The molecule has 0 atom stereocenters. The van der Waals surface area contributed by atoms with Crippen LogP contribution in [0.2, 0.25) is 5.02 Å². The predicted octanol–water partition coefficient (Wildman–Crippen LogP) is 3.75. The highest BCUT2D eigenvalue weighted by Crippen LogP contribution is 2.30. The number of aryl methyl sites for hydroxylation is 2. The molecule has 20 heavy (non-hydrogen) atoms. The first kappa shape index (κ1) is 11.8. The summed E-state index contributed by atoms with van der Waals surface area (Å²) in [6, 6.07) is 12.3. The van der Waals surface area contributed by atoms with E-state index in [9.17, 15) is 0 Å². The van der Waals surface area contributed by atoms with E-state index in [4.69, 9.17) is 17.3 Å². The van der Waals surface area contributed by atoms with E-state index in [0.29, 0.717) is 11.0 Å². The van der Waals surface area contributed by atoms with Crippen LogP contribution in [0.5, 0.6) is 0 Å². The van der Waals surface area contributed by atoms with Crippen LogP contribution in [0.1, 0.15) is 17.5 Å². The average molecular weight is 284 g/mol. The summed E-state index contributed by atoms with van der Waals surface area (Å²) < 4.78 is 1.97. The normalized spacial score (nSPS) is 13.8. The van der Waals surface area contributed by atoms with E-state index in [1.165, 1.54) is 24.0 Å². The molecule has 4 rings (SSSR count). The highest BCUT2D eigenvalue weighted by molar-refractivity contribution is 6.35. The van der Waals surface area contributed by atoms with Crippen LogP contribution in [-0.2, 0) is 12.8 Å². The molecule has 0 aliphatic heterocycles. The Bertz CT molecular complexity index is 820. The summed E-state index contributed by atoms with van der Waals surface area (Å²) in [4.78, 5) is 4.39. The monoisotopic (exact) mass is 283 g/mol. The molecule has 3 aromatic rings. The molecule has 0 bridgehead atoms.